The number of hydrogen-bond acceptors (Lipinski definition) is 16. The average molecular weight is 775 g/mol. The van der Waals surface area contributed by atoms with Crippen LogP contribution < -0.4 is 0 Å². The van der Waals surface area contributed by atoms with Crippen molar-refractivity contribution in [2.24, 2.45) is 39.9 Å². The molecule has 0 aromatic carbocycles. The molecular weight excluding hydrogens is 724 g/mol. The zero-order chi connectivity index (χ0) is 40.4. The van der Waals surface area contributed by atoms with Crippen LogP contribution in [0.3, 0.4) is 0 Å². The van der Waals surface area contributed by atoms with E-state index in [1.165, 1.54) is 39.5 Å². The van der Waals surface area contributed by atoms with E-state index in [0.29, 0.717) is 0 Å². The van der Waals surface area contributed by atoms with Crippen molar-refractivity contribution in [1.82, 2.24) is 0 Å². The molecule has 3 saturated heterocycles. The second-order valence-corrected chi connectivity index (χ2v) is 18.0. The van der Waals surface area contributed by atoms with Gasteiger partial charge < -0.3 is 58.0 Å². The molecule has 0 amide bonds. The SMILES string of the molecule is COC(=O)C[C@H]1[C@@]2(C)CC34OC5(C)O[C@]6([C@@H]7/C(=C(/O)C(C)C)C(=O)O[C@@H](c8ccoc8)[C@]7(C)[C@@H](O)[C@@H](O)[C@]6(O5)[C@]13C)[C@H](OC(C)=O)[C@@]4(O)[C@H]2OC(=O)C(C)C. The van der Waals surface area contributed by atoms with Crippen molar-refractivity contribution in [2.45, 2.75) is 134 Å². The van der Waals surface area contributed by atoms with Crippen LogP contribution in [-0.2, 0) is 52.3 Å². The smallest absolute Gasteiger partial charge is 0.338 e. The third-order valence-corrected chi connectivity index (χ3v) is 14.8. The third kappa shape index (κ3) is 3.85. The predicted molar refractivity (Wildman–Crippen MR) is 182 cm³/mol. The van der Waals surface area contributed by atoms with Gasteiger partial charge in [-0.3, -0.25) is 14.4 Å². The Hall–Kier alpha value is -3.54. The van der Waals surface area contributed by atoms with E-state index in [9.17, 15) is 39.6 Å². The molecule has 16 heteroatoms. The van der Waals surface area contributed by atoms with Crippen molar-refractivity contribution < 1.29 is 77.2 Å². The predicted octanol–water partition coefficient (Wildman–Crippen LogP) is 2.52. The Morgan fingerprint density at radius 1 is 0.964 bits per heavy atom. The van der Waals surface area contributed by atoms with E-state index >= 15 is 0 Å². The first-order valence-electron chi connectivity index (χ1n) is 18.8. The molecule has 7 fully saturated rings. The molecule has 3 aliphatic heterocycles. The van der Waals surface area contributed by atoms with Gasteiger partial charge in [0.25, 0.3) is 5.97 Å². The van der Waals surface area contributed by atoms with Crippen LogP contribution in [0.15, 0.2) is 34.3 Å². The number of aliphatic hydroxyl groups is 4. The Labute approximate surface area is 317 Å². The largest absolute Gasteiger partial charge is 0.511 e. The molecule has 8 rings (SSSR count). The lowest BCUT2D eigenvalue weighted by Crippen LogP contribution is -2.97. The normalized spacial score (nSPS) is 50.7. The first kappa shape index (κ1) is 38.3. The number of rotatable bonds is 7. The molecule has 4 bridgehead atoms. The van der Waals surface area contributed by atoms with Crippen molar-refractivity contribution in [2.75, 3.05) is 7.11 Å². The molecule has 15 atom stereocenters. The van der Waals surface area contributed by atoms with Gasteiger partial charge in [-0.25, -0.2) is 4.79 Å². The lowest BCUT2D eigenvalue weighted by Gasteiger charge is -2.78. The summed E-state index contributed by atoms with van der Waals surface area (Å²) in [4.78, 5) is 55.4. The molecule has 7 aliphatic rings. The molecule has 1 aromatic rings. The maximum Gasteiger partial charge on any atom is 0.338 e. The molecule has 16 nitrogen and oxygen atoms in total. The van der Waals surface area contributed by atoms with E-state index in [-0.39, 0.29) is 24.0 Å². The van der Waals surface area contributed by atoms with E-state index in [1.807, 2.05) is 0 Å². The zero-order valence-electron chi connectivity index (χ0n) is 32.5. The summed E-state index contributed by atoms with van der Waals surface area (Å²) in [6.07, 6.45) is -6.73. The summed E-state index contributed by atoms with van der Waals surface area (Å²) >= 11 is 0. The van der Waals surface area contributed by atoms with E-state index in [2.05, 4.69) is 0 Å². The Kier molecular flexibility index (Phi) is 7.74. The molecule has 2 spiro atoms. The number of ether oxygens (including phenoxy) is 7. The zero-order valence-corrected chi connectivity index (χ0v) is 32.5. The van der Waals surface area contributed by atoms with Crippen LogP contribution in [-0.4, -0.2) is 104 Å². The molecule has 4 aliphatic carbocycles. The second kappa shape index (κ2) is 11.1. The summed E-state index contributed by atoms with van der Waals surface area (Å²) in [5, 5.41) is 52.0. The number of furan rings is 1. The molecule has 0 radical (unpaired) electrons. The van der Waals surface area contributed by atoms with Crippen LogP contribution in [0, 0.1) is 39.9 Å². The van der Waals surface area contributed by atoms with Crippen LogP contribution in [0.5, 0.6) is 0 Å². The van der Waals surface area contributed by atoms with Gasteiger partial charge in [0.15, 0.2) is 17.3 Å². The van der Waals surface area contributed by atoms with Crippen LogP contribution in [0.2, 0.25) is 0 Å². The molecule has 55 heavy (non-hydrogen) atoms. The summed E-state index contributed by atoms with van der Waals surface area (Å²) in [7, 11) is 1.21. The van der Waals surface area contributed by atoms with Gasteiger partial charge in [-0.1, -0.05) is 48.5 Å². The molecule has 4 heterocycles. The van der Waals surface area contributed by atoms with Crippen molar-refractivity contribution in [3.05, 3.63) is 35.5 Å². The summed E-state index contributed by atoms with van der Waals surface area (Å²) in [5.41, 5.74) is -14.5. The maximum atomic E-state index is 14.6. The van der Waals surface area contributed by atoms with Gasteiger partial charge in [0.2, 0.25) is 0 Å². The van der Waals surface area contributed by atoms with E-state index in [1.54, 1.807) is 41.5 Å². The van der Waals surface area contributed by atoms with Crippen LogP contribution in [0.1, 0.15) is 86.8 Å². The topological polar surface area (TPSA) is 227 Å². The number of cyclic esters (lactones) is 1. The molecular formula is C39H50O16. The standard InChI is InChI=1S/C39H50O16/c1-16(2)23(42)22-24-33(7,27(51-29(22)46)19-11-12-49-14-19)25(43)26(44)39-34(8)20(13-21(41)48-10)32(6)15-36(34)37(47,30(32)52-28(45)17(3)4)31(50-18(5)40)38(24,39)54-35(9,53-36)55-39/h11-12,14,16-17,20,24-27,30-31,42-44,47H,13,15H2,1-10H3/b23-22-/t20-,24+,25-,26+,27-,30-,31+,32+,33-,34+,35?,36?,37-,38+,39-/m0/s1. The number of allylic oxidation sites excluding steroid dienone is 1. The van der Waals surface area contributed by atoms with Gasteiger partial charge >= 0.3 is 23.9 Å². The lowest BCUT2D eigenvalue weighted by molar-refractivity contribution is -0.491. The Balaban J connectivity index is 1.56. The summed E-state index contributed by atoms with van der Waals surface area (Å²) in [6.45, 7) is 13.8. The molecule has 4 saturated carbocycles. The molecule has 302 valence electrons. The number of aliphatic hydroxyl groups excluding tert-OH is 3. The minimum absolute atomic E-state index is 0.132. The Morgan fingerprint density at radius 3 is 2.20 bits per heavy atom. The summed E-state index contributed by atoms with van der Waals surface area (Å²) < 4.78 is 50.2. The van der Waals surface area contributed by atoms with E-state index in [0.717, 1.165) is 6.92 Å². The van der Waals surface area contributed by atoms with Crippen LogP contribution >= 0.6 is 0 Å². The quantitative estimate of drug-likeness (QED) is 0.135. The minimum Gasteiger partial charge on any atom is -0.511 e. The van der Waals surface area contributed by atoms with E-state index in [4.69, 9.17) is 37.6 Å². The first-order chi connectivity index (χ1) is 25.5. The molecule has 2 unspecified atom stereocenters. The van der Waals surface area contributed by atoms with Crippen molar-refractivity contribution in [3.63, 3.8) is 0 Å². The van der Waals surface area contributed by atoms with Gasteiger partial charge in [0.05, 0.1) is 37.2 Å². The highest BCUT2D eigenvalue weighted by Crippen LogP contribution is 2.90. The fourth-order valence-corrected chi connectivity index (χ4v) is 13.1. The maximum absolute atomic E-state index is 14.6. The average Bonchev–Trinajstić information content (AvgIpc) is 3.80. The second-order valence-electron chi connectivity index (χ2n) is 18.0. The van der Waals surface area contributed by atoms with Gasteiger partial charge in [-0.15, -0.1) is 0 Å². The lowest BCUT2D eigenvalue weighted by atomic mass is 9.32. The van der Waals surface area contributed by atoms with Crippen LogP contribution in [0.4, 0.5) is 0 Å². The third-order valence-electron chi connectivity index (χ3n) is 14.8. The van der Waals surface area contributed by atoms with Gasteiger partial charge in [0.1, 0.15) is 35.3 Å². The number of esters is 4. The van der Waals surface area contributed by atoms with Crippen molar-refractivity contribution >= 4 is 23.9 Å². The first-order valence-corrected chi connectivity index (χ1v) is 18.8. The van der Waals surface area contributed by atoms with Crippen molar-refractivity contribution in [3.8, 4) is 0 Å². The minimum atomic E-state index is -2.56. The number of fused-ring (bicyclic) bond motifs is 3. The highest BCUT2D eigenvalue weighted by Gasteiger charge is 3.06. The monoisotopic (exact) mass is 774 g/mol. The van der Waals surface area contributed by atoms with Gasteiger partial charge in [0, 0.05) is 53.9 Å². The number of carbonyl (C=O) groups is 4. The summed E-state index contributed by atoms with van der Waals surface area (Å²) in [6, 6.07) is 1.51. The molecule has 1 aromatic heterocycles. The van der Waals surface area contributed by atoms with Gasteiger partial charge in [-0.2, -0.15) is 0 Å². The highest BCUT2D eigenvalue weighted by atomic mass is 16.9. The Bertz CT molecular complexity index is 1910. The van der Waals surface area contributed by atoms with Crippen molar-refractivity contribution in [1.29, 1.82) is 0 Å². The summed E-state index contributed by atoms with van der Waals surface area (Å²) in [5.74, 6) is -10.2. The highest BCUT2D eigenvalue weighted by molar-refractivity contribution is 5.92. The van der Waals surface area contributed by atoms with E-state index < -0.39 is 128 Å². The number of methoxy groups -OCH3 is 1. The number of carbonyl (C=O) groups excluding carboxylic acids is 4. The fourth-order valence-electron chi connectivity index (χ4n) is 13.1. The fraction of sp³-hybridized carbons (Fsp3) is 0.744. The molecule has 4 N–H and O–H groups in total. The Morgan fingerprint density at radius 2 is 1.64 bits per heavy atom. The van der Waals surface area contributed by atoms with Crippen LogP contribution in [0.25, 0.3) is 0 Å². The van der Waals surface area contributed by atoms with Gasteiger partial charge in [-0.05, 0) is 18.4 Å². The number of hydrogen-bond donors (Lipinski definition) is 4.